The first-order chi connectivity index (χ1) is 11.3. The highest BCUT2D eigenvalue weighted by Crippen LogP contribution is 2.39. The van der Waals surface area contributed by atoms with Gasteiger partial charge in [0.2, 0.25) is 0 Å². The summed E-state index contributed by atoms with van der Waals surface area (Å²) in [7, 11) is 0. The molecule has 0 fully saturated rings. The van der Waals surface area contributed by atoms with Crippen LogP contribution in [-0.2, 0) is 4.79 Å². The Kier molecular flexibility index (Phi) is 4.40. The number of hydrogen-bond acceptors (Lipinski definition) is 3. The summed E-state index contributed by atoms with van der Waals surface area (Å²) in [5, 5.41) is 0.478. The number of fused-ring (bicyclic) bond motifs is 1. The number of Topliss-reactive ketones (excluding diaryl/α,β-unsaturated/α-hetero) is 1. The van der Waals surface area contributed by atoms with Crippen molar-refractivity contribution in [2.24, 2.45) is 0 Å². The molecule has 124 valence electrons. The van der Waals surface area contributed by atoms with Gasteiger partial charge < -0.3 is 4.74 Å². The Bertz CT molecular complexity index is 818. The van der Waals surface area contributed by atoms with E-state index in [1.807, 2.05) is 0 Å². The lowest BCUT2D eigenvalue weighted by molar-refractivity contribution is -0.132. The summed E-state index contributed by atoms with van der Waals surface area (Å²) >= 11 is 9.39. The van der Waals surface area contributed by atoms with Gasteiger partial charge in [-0.3, -0.25) is 14.5 Å². The summed E-state index contributed by atoms with van der Waals surface area (Å²) < 4.78 is 6.64. The number of nitrogens with zero attached hydrogens (tertiary/aromatic N) is 1. The third kappa shape index (κ3) is 3.19. The summed E-state index contributed by atoms with van der Waals surface area (Å²) in [5.74, 6) is 0.106. The molecule has 0 saturated carbocycles. The monoisotopic (exact) mass is 407 g/mol. The van der Waals surface area contributed by atoms with Gasteiger partial charge in [0.05, 0.1) is 12.2 Å². The van der Waals surface area contributed by atoms with Crippen molar-refractivity contribution in [1.82, 2.24) is 0 Å². The van der Waals surface area contributed by atoms with Gasteiger partial charge in [-0.1, -0.05) is 39.7 Å². The number of rotatable bonds is 3. The van der Waals surface area contributed by atoms with Crippen LogP contribution in [-0.4, -0.2) is 23.8 Å². The molecule has 0 bridgehead atoms. The van der Waals surface area contributed by atoms with E-state index in [1.54, 1.807) is 56.3 Å². The van der Waals surface area contributed by atoms with Crippen LogP contribution in [0.5, 0.6) is 5.75 Å². The normalized spacial score (nSPS) is 15.7. The zero-order valence-corrected chi connectivity index (χ0v) is 15.5. The minimum atomic E-state index is -1.04. The molecule has 0 atom stereocenters. The van der Waals surface area contributed by atoms with E-state index in [4.69, 9.17) is 16.3 Å². The van der Waals surface area contributed by atoms with E-state index in [0.29, 0.717) is 22.0 Å². The predicted molar refractivity (Wildman–Crippen MR) is 97.0 cm³/mol. The molecule has 1 aliphatic heterocycles. The van der Waals surface area contributed by atoms with Crippen molar-refractivity contribution in [2.45, 2.75) is 19.4 Å². The van der Waals surface area contributed by atoms with Gasteiger partial charge in [-0.15, -0.1) is 0 Å². The molecule has 0 spiro atoms. The SMILES string of the molecule is CC1(C)Oc2ccc(Cl)cc2N(CC(=O)c2ccc(Br)cc2)C1=O. The van der Waals surface area contributed by atoms with Gasteiger partial charge in [0, 0.05) is 15.1 Å². The average molecular weight is 409 g/mol. The van der Waals surface area contributed by atoms with Crippen LogP contribution in [0.3, 0.4) is 0 Å². The minimum absolute atomic E-state index is 0.0689. The van der Waals surface area contributed by atoms with Gasteiger partial charge in [0.15, 0.2) is 11.4 Å². The predicted octanol–water partition coefficient (Wildman–Crippen LogP) is 4.49. The van der Waals surface area contributed by atoms with Gasteiger partial charge in [-0.05, 0) is 44.2 Å². The molecule has 2 aromatic rings. The molecule has 3 rings (SSSR count). The first-order valence-corrected chi connectivity index (χ1v) is 8.54. The van der Waals surface area contributed by atoms with Crippen LogP contribution in [0.15, 0.2) is 46.9 Å². The zero-order chi connectivity index (χ0) is 17.5. The third-order valence-corrected chi connectivity index (χ3v) is 4.57. The Morgan fingerprint density at radius 1 is 1.21 bits per heavy atom. The molecule has 24 heavy (non-hydrogen) atoms. The fourth-order valence-electron chi connectivity index (χ4n) is 2.57. The Morgan fingerprint density at radius 3 is 2.54 bits per heavy atom. The fraction of sp³-hybridized carbons (Fsp3) is 0.222. The van der Waals surface area contributed by atoms with Crippen molar-refractivity contribution in [2.75, 3.05) is 11.4 Å². The number of carbonyl (C=O) groups excluding carboxylic acids is 2. The van der Waals surface area contributed by atoms with E-state index in [1.165, 1.54) is 4.90 Å². The summed E-state index contributed by atoms with van der Waals surface area (Å²) in [6.45, 7) is 3.30. The second-order valence-electron chi connectivity index (χ2n) is 6.05. The molecule has 1 amide bonds. The van der Waals surface area contributed by atoms with Crippen molar-refractivity contribution in [3.8, 4) is 5.75 Å². The fourth-order valence-corrected chi connectivity index (χ4v) is 3.00. The largest absolute Gasteiger partial charge is 0.476 e. The quantitative estimate of drug-likeness (QED) is 0.703. The molecule has 0 unspecified atom stereocenters. The van der Waals surface area contributed by atoms with E-state index in [0.717, 1.165) is 4.47 Å². The number of ether oxygens (including phenoxy) is 1. The molecule has 1 aliphatic rings. The van der Waals surface area contributed by atoms with Crippen LogP contribution in [0.4, 0.5) is 5.69 Å². The Balaban J connectivity index is 1.96. The molecule has 0 N–H and O–H groups in total. The first kappa shape index (κ1) is 17.0. The minimum Gasteiger partial charge on any atom is -0.476 e. The standard InChI is InChI=1S/C18H15BrClNO3/c1-18(2)17(23)21(14-9-13(20)7-8-16(14)24-18)10-15(22)11-3-5-12(19)6-4-11/h3-9H,10H2,1-2H3. The van der Waals surface area contributed by atoms with Gasteiger partial charge in [0.25, 0.3) is 5.91 Å². The summed E-state index contributed by atoms with van der Waals surface area (Å²) in [4.78, 5) is 26.8. The highest BCUT2D eigenvalue weighted by Gasteiger charge is 2.41. The number of carbonyl (C=O) groups is 2. The summed E-state index contributed by atoms with van der Waals surface area (Å²) in [5.41, 5.74) is 0.0112. The van der Waals surface area contributed by atoms with E-state index in [2.05, 4.69) is 15.9 Å². The Hall–Kier alpha value is -1.85. The zero-order valence-electron chi connectivity index (χ0n) is 13.2. The van der Waals surface area contributed by atoms with Crippen LogP contribution >= 0.6 is 27.5 Å². The first-order valence-electron chi connectivity index (χ1n) is 7.37. The number of halogens is 2. The molecule has 1 heterocycles. The highest BCUT2D eigenvalue weighted by atomic mass is 79.9. The van der Waals surface area contributed by atoms with Gasteiger partial charge >= 0.3 is 0 Å². The van der Waals surface area contributed by atoms with E-state index < -0.39 is 5.60 Å². The maximum Gasteiger partial charge on any atom is 0.271 e. The average Bonchev–Trinajstić information content (AvgIpc) is 2.53. The summed E-state index contributed by atoms with van der Waals surface area (Å²) in [6, 6.07) is 12.1. The molecule has 0 saturated heterocycles. The van der Waals surface area contributed by atoms with E-state index >= 15 is 0 Å². The van der Waals surface area contributed by atoms with Crippen LogP contribution < -0.4 is 9.64 Å². The third-order valence-electron chi connectivity index (χ3n) is 3.81. The molecular weight excluding hydrogens is 394 g/mol. The van der Waals surface area contributed by atoms with Crippen LogP contribution in [0.25, 0.3) is 0 Å². The maximum absolute atomic E-state index is 12.7. The second-order valence-corrected chi connectivity index (χ2v) is 7.40. The molecule has 6 heteroatoms. The number of anilines is 1. The van der Waals surface area contributed by atoms with Crippen LogP contribution in [0, 0.1) is 0 Å². The van der Waals surface area contributed by atoms with Crippen LogP contribution in [0.2, 0.25) is 5.02 Å². The number of benzene rings is 2. The van der Waals surface area contributed by atoms with E-state index in [9.17, 15) is 9.59 Å². The second kappa shape index (κ2) is 6.22. The lowest BCUT2D eigenvalue weighted by Crippen LogP contribution is -2.53. The molecule has 4 nitrogen and oxygen atoms in total. The topological polar surface area (TPSA) is 46.6 Å². The van der Waals surface area contributed by atoms with Gasteiger partial charge in [-0.25, -0.2) is 0 Å². The highest BCUT2D eigenvalue weighted by molar-refractivity contribution is 9.10. The Morgan fingerprint density at radius 2 is 1.88 bits per heavy atom. The number of hydrogen-bond donors (Lipinski definition) is 0. The number of amides is 1. The molecule has 0 aromatic heterocycles. The van der Waals surface area contributed by atoms with Gasteiger partial charge in [0.1, 0.15) is 5.75 Å². The molecule has 0 aliphatic carbocycles. The van der Waals surface area contributed by atoms with Crippen molar-refractivity contribution >= 4 is 44.9 Å². The molecule has 0 radical (unpaired) electrons. The summed E-state index contributed by atoms with van der Waals surface area (Å²) in [6.07, 6.45) is 0. The lowest BCUT2D eigenvalue weighted by Gasteiger charge is -2.38. The van der Waals surface area contributed by atoms with Crippen molar-refractivity contribution in [3.63, 3.8) is 0 Å². The van der Waals surface area contributed by atoms with E-state index in [-0.39, 0.29) is 18.2 Å². The van der Waals surface area contributed by atoms with Crippen LogP contribution in [0.1, 0.15) is 24.2 Å². The maximum atomic E-state index is 12.7. The Labute approximate surface area is 153 Å². The molecular formula is C18H15BrClNO3. The van der Waals surface area contributed by atoms with Crippen molar-refractivity contribution in [1.29, 1.82) is 0 Å². The van der Waals surface area contributed by atoms with Crippen molar-refractivity contribution < 1.29 is 14.3 Å². The smallest absolute Gasteiger partial charge is 0.271 e. The molecule has 2 aromatic carbocycles. The lowest BCUT2D eigenvalue weighted by atomic mass is 10.0. The van der Waals surface area contributed by atoms with Gasteiger partial charge in [-0.2, -0.15) is 0 Å². The van der Waals surface area contributed by atoms with Crippen molar-refractivity contribution in [3.05, 3.63) is 57.5 Å². The number of ketones is 1.